The van der Waals surface area contributed by atoms with Gasteiger partial charge in [0, 0.05) is 7.05 Å². The molecular weight excluding hydrogens is 126 g/mol. The highest BCUT2D eigenvalue weighted by Crippen LogP contribution is 2.06. The van der Waals surface area contributed by atoms with Gasteiger partial charge in [-0.3, -0.25) is 4.99 Å². The van der Waals surface area contributed by atoms with E-state index in [2.05, 4.69) is 4.99 Å². The Labute approximate surface area is 60.2 Å². The zero-order valence-corrected chi connectivity index (χ0v) is 5.82. The van der Waals surface area contributed by atoms with E-state index in [4.69, 9.17) is 4.74 Å². The molecule has 1 rings (SSSR count). The third kappa shape index (κ3) is 1.90. The van der Waals surface area contributed by atoms with Crippen LogP contribution >= 0.6 is 0 Å². The molecule has 1 aromatic carbocycles. The number of para-hydroxylation sites is 1. The van der Waals surface area contributed by atoms with Gasteiger partial charge >= 0.3 is 0 Å². The number of aliphatic imine (C=N–C) groups is 1. The summed E-state index contributed by atoms with van der Waals surface area (Å²) in [5.74, 6) is 0.813. The minimum absolute atomic E-state index is 0.813. The van der Waals surface area contributed by atoms with Crippen molar-refractivity contribution in [3.63, 3.8) is 0 Å². The average Bonchev–Trinajstić information content (AvgIpc) is 2.03. The number of rotatable bonds is 2. The van der Waals surface area contributed by atoms with Crippen LogP contribution in [-0.4, -0.2) is 13.4 Å². The van der Waals surface area contributed by atoms with Crippen molar-refractivity contribution in [1.29, 1.82) is 0 Å². The van der Waals surface area contributed by atoms with Crippen molar-refractivity contribution in [2.24, 2.45) is 4.99 Å². The van der Waals surface area contributed by atoms with Crippen LogP contribution in [0.15, 0.2) is 35.3 Å². The van der Waals surface area contributed by atoms with Crippen LogP contribution in [0.4, 0.5) is 0 Å². The first kappa shape index (κ1) is 6.81. The second-order valence-corrected chi connectivity index (χ2v) is 1.79. The molecule has 0 aliphatic rings. The van der Waals surface area contributed by atoms with Crippen LogP contribution in [0.1, 0.15) is 0 Å². The van der Waals surface area contributed by atoms with Gasteiger partial charge in [-0.05, 0) is 12.1 Å². The summed E-state index contributed by atoms with van der Waals surface area (Å²) >= 11 is 0. The maximum Gasteiger partial charge on any atom is 0.176 e. The molecule has 0 radical (unpaired) electrons. The van der Waals surface area contributed by atoms with Crippen LogP contribution in [0.25, 0.3) is 0 Å². The SMILES string of the molecule is C/N=C\Oc1ccccc1. The highest BCUT2D eigenvalue weighted by molar-refractivity contribution is 5.51. The second kappa shape index (κ2) is 3.67. The van der Waals surface area contributed by atoms with Crippen molar-refractivity contribution in [1.82, 2.24) is 0 Å². The van der Waals surface area contributed by atoms with Gasteiger partial charge in [-0.25, -0.2) is 0 Å². The third-order valence-electron chi connectivity index (χ3n) is 1.04. The molecule has 0 aromatic heterocycles. The summed E-state index contributed by atoms with van der Waals surface area (Å²) in [4.78, 5) is 3.68. The van der Waals surface area contributed by atoms with Crippen LogP contribution in [0, 0.1) is 0 Å². The molecule has 0 fully saturated rings. The Bertz CT molecular complexity index is 206. The first-order valence-electron chi connectivity index (χ1n) is 3.06. The molecule has 0 saturated heterocycles. The van der Waals surface area contributed by atoms with E-state index in [-0.39, 0.29) is 0 Å². The van der Waals surface area contributed by atoms with E-state index < -0.39 is 0 Å². The molecular formula is C8H9NO. The monoisotopic (exact) mass is 135 g/mol. The lowest BCUT2D eigenvalue weighted by Gasteiger charge is -1.95. The number of hydrogen-bond donors (Lipinski definition) is 0. The highest BCUT2D eigenvalue weighted by Gasteiger charge is 1.83. The van der Waals surface area contributed by atoms with Gasteiger partial charge in [0.1, 0.15) is 5.75 Å². The van der Waals surface area contributed by atoms with E-state index in [0.717, 1.165) is 5.75 Å². The molecule has 2 nitrogen and oxygen atoms in total. The van der Waals surface area contributed by atoms with Gasteiger partial charge in [-0.15, -0.1) is 0 Å². The summed E-state index contributed by atoms with van der Waals surface area (Å²) in [6.07, 6.45) is 1.41. The Kier molecular flexibility index (Phi) is 2.49. The number of hydrogen-bond acceptors (Lipinski definition) is 2. The summed E-state index contributed by atoms with van der Waals surface area (Å²) in [5, 5.41) is 0. The first-order chi connectivity index (χ1) is 4.93. The molecule has 0 saturated carbocycles. The standard InChI is InChI=1S/C8H9NO/c1-9-7-10-8-5-3-2-4-6-8/h2-7H,1H3/b9-7-. The fourth-order valence-corrected chi connectivity index (χ4v) is 0.613. The lowest BCUT2D eigenvalue weighted by Crippen LogP contribution is -1.87. The second-order valence-electron chi connectivity index (χ2n) is 1.79. The minimum atomic E-state index is 0.813. The Morgan fingerprint density at radius 1 is 1.30 bits per heavy atom. The average molecular weight is 135 g/mol. The van der Waals surface area contributed by atoms with Crippen LogP contribution in [0.2, 0.25) is 0 Å². The van der Waals surface area contributed by atoms with Gasteiger partial charge < -0.3 is 4.74 Å². The van der Waals surface area contributed by atoms with E-state index in [0.29, 0.717) is 0 Å². The van der Waals surface area contributed by atoms with E-state index in [1.165, 1.54) is 6.40 Å². The summed E-state index contributed by atoms with van der Waals surface area (Å²) in [6, 6.07) is 9.52. The Balaban J connectivity index is 2.59. The van der Waals surface area contributed by atoms with Crippen LogP contribution < -0.4 is 4.74 Å². The topological polar surface area (TPSA) is 21.6 Å². The molecule has 1 aromatic rings. The van der Waals surface area contributed by atoms with Crippen molar-refractivity contribution in [3.05, 3.63) is 30.3 Å². The first-order valence-corrected chi connectivity index (χ1v) is 3.06. The normalized spacial score (nSPS) is 10.1. The zero-order chi connectivity index (χ0) is 7.23. The summed E-state index contributed by atoms with van der Waals surface area (Å²) in [7, 11) is 1.67. The molecule has 0 spiro atoms. The van der Waals surface area contributed by atoms with Gasteiger partial charge in [-0.1, -0.05) is 18.2 Å². The predicted octanol–water partition coefficient (Wildman–Crippen LogP) is 1.72. The smallest absolute Gasteiger partial charge is 0.176 e. The molecule has 0 unspecified atom stereocenters. The van der Waals surface area contributed by atoms with Gasteiger partial charge in [0.05, 0.1) is 0 Å². The largest absolute Gasteiger partial charge is 0.446 e. The van der Waals surface area contributed by atoms with Gasteiger partial charge in [-0.2, -0.15) is 0 Å². The number of ether oxygens (including phenoxy) is 1. The molecule has 2 heteroatoms. The third-order valence-corrected chi connectivity index (χ3v) is 1.04. The van der Waals surface area contributed by atoms with Gasteiger partial charge in [0.2, 0.25) is 0 Å². The van der Waals surface area contributed by atoms with E-state index in [1.807, 2.05) is 30.3 Å². The van der Waals surface area contributed by atoms with Gasteiger partial charge in [0.15, 0.2) is 6.40 Å². The fourth-order valence-electron chi connectivity index (χ4n) is 0.613. The number of benzene rings is 1. The van der Waals surface area contributed by atoms with Crippen molar-refractivity contribution in [3.8, 4) is 5.75 Å². The molecule has 10 heavy (non-hydrogen) atoms. The van der Waals surface area contributed by atoms with Crippen molar-refractivity contribution in [2.75, 3.05) is 7.05 Å². The Morgan fingerprint density at radius 2 is 2.00 bits per heavy atom. The molecule has 0 amide bonds. The maximum atomic E-state index is 5.06. The molecule has 52 valence electrons. The lowest BCUT2D eigenvalue weighted by molar-refractivity contribution is 0.573. The van der Waals surface area contributed by atoms with E-state index in [1.54, 1.807) is 7.05 Å². The molecule has 0 atom stereocenters. The quantitative estimate of drug-likeness (QED) is 0.447. The van der Waals surface area contributed by atoms with Gasteiger partial charge in [0.25, 0.3) is 0 Å². The summed E-state index contributed by atoms with van der Waals surface area (Å²) < 4.78 is 5.06. The molecule has 0 bridgehead atoms. The lowest BCUT2D eigenvalue weighted by atomic mass is 10.3. The van der Waals surface area contributed by atoms with Crippen molar-refractivity contribution < 1.29 is 4.74 Å². The minimum Gasteiger partial charge on any atom is -0.446 e. The van der Waals surface area contributed by atoms with Crippen molar-refractivity contribution >= 4 is 6.40 Å². The van der Waals surface area contributed by atoms with Crippen LogP contribution in [-0.2, 0) is 0 Å². The molecule has 0 aliphatic heterocycles. The maximum absolute atomic E-state index is 5.06. The predicted molar refractivity (Wildman–Crippen MR) is 41.5 cm³/mol. The summed E-state index contributed by atoms with van der Waals surface area (Å²) in [5.41, 5.74) is 0. The van der Waals surface area contributed by atoms with E-state index in [9.17, 15) is 0 Å². The summed E-state index contributed by atoms with van der Waals surface area (Å²) in [6.45, 7) is 0. The zero-order valence-electron chi connectivity index (χ0n) is 5.82. The van der Waals surface area contributed by atoms with E-state index >= 15 is 0 Å². The fraction of sp³-hybridized carbons (Fsp3) is 0.125. The van der Waals surface area contributed by atoms with Crippen LogP contribution in [0.5, 0.6) is 5.75 Å². The van der Waals surface area contributed by atoms with Crippen LogP contribution in [0.3, 0.4) is 0 Å². The van der Waals surface area contributed by atoms with Crippen molar-refractivity contribution in [2.45, 2.75) is 0 Å². The molecule has 0 aliphatic carbocycles. The Hall–Kier alpha value is -1.31. The number of nitrogens with zero attached hydrogens (tertiary/aromatic N) is 1. The highest BCUT2D eigenvalue weighted by atomic mass is 16.5. The molecule has 0 N–H and O–H groups in total. The Morgan fingerprint density at radius 3 is 2.60 bits per heavy atom. The molecule has 0 heterocycles.